The van der Waals surface area contributed by atoms with Crippen molar-refractivity contribution in [1.82, 2.24) is 0 Å². The van der Waals surface area contributed by atoms with E-state index in [-0.39, 0.29) is 0 Å². The standard InChI is InChI=1S/C11H22O2/c1-11(2)8-6-4-3-5-7-9-13-10-12/h10-11H,3-9H2,1-2H3. The second-order valence-electron chi connectivity index (χ2n) is 3.92. The summed E-state index contributed by atoms with van der Waals surface area (Å²) >= 11 is 0. The molecule has 78 valence electrons. The van der Waals surface area contributed by atoms with Gasteiger partial charge < -0.3 is 4.74 Å². The molecule has 0 aromatic heterocycles. The van der Waals surface area contributed by atoms with Crippen LogP contribution in [-0.4, -0.2) is 13.1 Å². The van der Waals surface area contributed by atoms with Crippen molar-refractivity contribution in [2.45, 2.75) is 52.4 Å². The maximum Gasteiger partial charge on any atom is 0.293 e. The summed E-state index contributed by atoms with van der Waals surface area (Å²) in [5.74, 6) is 0.832. The fourth-order valence-electron chi connectivity index (χ4n) is 1.32. The lowest BCUT2D eigenvalue weighted by molar-refractivity contribution is -0.128. The van der Waals surface area contributed by atoms with Gasteiger partial charge in [-0.05, 0) is 12.3 Å². The molecule has 0 amide bonds. The van der Waals surface area contributed by atoms with Crippen LogP contribution in [0.4, 0.5) is 0 Å². The second kappa shape index (κ2) is 9.56. The van der Waals surface area contributed by atoms with E-state index in [9.17, 15) is 4.79 Å². The molecule has 0 rings (SSSR count). The first-order valence-corrected chi connectivity index (χ1v) is 5.32. The van der Waals surface area contributed by atoms with Crippen LogP contribution in [0.1, 0.15) is 52.4 Å². The molecular weight excluding hydrogens is 164 g/mol. The lowest BCUT2D eigenvalue weighted by Gasteiger charge is -2.03. The Morgan fingerprint density at radius 2 is 1.69 bits per heavy atom. The van der Waals surface area contributed by atoms with E-state index in [1.165, 1.54) is 32.1 Å². The minimum absolute atomic E-state index is 0.527. The van der Waals surface area contributed by atoms with Gasteiger partial charge in [0.25, 0.3) is 6.47 Å². The van der Waals surface area contributed by atoms with Crippen LogP contribution in [0.3, 0.4) is 0 Å². The predicted molar refractivity (Wildman–Crippen MR) is 54.6 cm³/mol. The number of rotatable bonds is 9. The molecule has 2 nitrogen and oxygen atoms in total. The lowest BCUT2D eigenvalue weighted by Crippen LogP contribution is -1.92. The molecule has 0 aliphatic rings. The van der Waals surface area contributed by atoms with Gasteiger partial charge in [0.1, 0.15) is 0 Å². The number of carbonyl (C=O) groups is 1. The van der Waals surface area contributed by atoms with Gasteiger partial charge in [-0.3, -0.25) is 4.79 Å². The van der Waals surface area contributed by atoms with Crippen molar-refractivity contribution in [3.05, 3.63) is 0 Å². The van der Waals surface area contributed by atoms with E-state index in [0.29, 0.717) is 13.1 Å². The Hall–Kier alpha value is -0.530. The molecule has 0 heterocycles. The summed E-state index contributed by atoms with van der Waals surface area (Å²) in [6, 6.07) is 0. The van der Waals surface area contributed by atoms with Gasteiger partial charge in [0, 0.05) is 0 Å². The third-order valence-corrected chi connectivity index (χ3v) is 2.11. The molecule has 0 radical (unpaired) electrons. The SMILES string of the molecule is CC(C)CCCCCCCOC=O. The van der Waals surface area contributed by atoms with E-state index in [0.717, 1.165) is 12.3 Å². The van der Waals surface area contributed by atoms with Gasteiger partial charge in [-0.25, -0.2) is 0 Å². The Labute approximate surface area is 81.7 Å². The molecule has 0 aromatic rings. The van der Waals surface area contributed by atoms with E-state index in [1.54, 1.807) is 0 Å². The maximum absolute atomic E-state index is 9.79. The zero-order valence-corrected chi connectivity index (χ0v) is 8.92. The Kier molecular flexibility index (Phi) is 9.17. The fourth-order valence-corrected chi connectivity index (χ4v) is 1.32. The van der Waals surface area contributed by atoms with Gasteiger partial charge in [-0.2, -0.15) is 0 Å². The summed E-state index contributed by atoms with van der Waals surface area (Å²) in [5.41, 5.74) is 0. The van der Waals surface area contributed by atoms with Gasteiger partial charge >= 0.3 is 0 Å². The van der Waals surface area contributed by atoms with Crippen LogP contribution in [-0.2, 0) is 9.53 Å². The summed E-state index contributed by atoms with van der Waals surface area (Å²) in [4.78, 5) is 9.79. The highest BCUT2D eigenvalue weighted by molar-refractivity contribution is 5.36. The Morgan fingerprint density at radius 1 is 1.08 bits per heavy atom. The summed E-state index contributed by atoms with van der Waals surface area (Å²) < 4.78 is 4.60. The Balaban J connectivity index is 2.87. The molecule has 0 saturated heterocycles. The molecule has 0 atom stereocenters. The highest BCUT2D eigenvalue weighted by Crippen LogP contribution is 2.10. The average Bonchev–Trinajstić information content (AvgIpc) is 2.09. The van der Waals surface area contributed by atoms with Crippen molar-refractivity contribution in [2.24, 2.45) is 5.92 Å². The molecule has 0 aliphatic heterocycles. The Bertz CT molecular complexity index is 111. The lowest BCUT2D eigenvalue weighted by atomic mass is 10.0. The van der Waals surface area contributed by atoms with Crippen LogP contribution in [0, 0.1) is 5.92 Å². The van der Waals surface area contributed by atoms with Crippen molar-refractivity contribution in [2.75, 3.05) is 6.61 Å². The largest absolute Gasteiger partial charge is 0.468 e. The first kappa shape index (κ1) is 12.5. The molecular formula is C11H22O2. The maximum atomic E-state index is 9.79. The molecule has 13 heavy (non-hydrogen) atoms. The van der Waals surface area contributed by atoms with Gasteiger partial charge in [-0.15, -0.1) is 0 Å². The van der Waals surface area contributed by atoms with Crippen LogP contribution in [0.25, 0.3) is 0 Å². The topological polar surface area (TPSA) is 26.3 Å². The third kappa shape index (κ3) is 11.5. The quantitative estimate of drug-likeness (QED) is 0.408. The van der Waals surface area contributed by atoms with Crippen LogP contribution >= 0.6 is 0 Å². The minimum atomic E-state index is 0.527. The van der Waals surface area contributed by atoms with E-state index >= 15 is 0 Å². The third-order valence-electron chi connectivity index (χ3n) is 2.11. The smallest absolute Gasteiger partial charge is 0.293 e. The average molecular weight is 186 g/mol. The van der Waals surface area contributed by atoms with Crippen molar-refractivity contribution >= 4 is 6.47 Å². The van der Waals surface area contributed by atoms with Crippen LogP contribution in [0.5, 0.6) is 0 Å². The fraction of sp³-hybridized carbons (Fsp3) is 0.909. The number of carbonyl (C=O) groups excluding carboxylic acids is 1. The Morgan fingerprint density at radius 3 is 2.31 bits per heavy atom. The van der Waals surface area contributed by atoms with E-state index in [2.05, 4.69) is 18.6 Å². The number of ether oxygens (including phenoxy) is 1. The van der Waals surface area contributed by atoms with Crippen LogP contribution in [0.15, 0.2) is 0 Å². The first-order valence-electron chi connectivity index (χ1n) is 5.32. The van der Waals surface area contributed by atoms with E-state index in [4.69, 9.17) is 0 Å². The second-order valence-corrected chi connectivity index (χ2v) is 3.92. The van der Waals surface area contributed by atoms with Crippen molar-refractivity contribution in [1.29, 1.82) is 0 Å². The van der Waals surface area contributed by atoms with Crippen molar-refractivity contribution in [3.8, 4) is 0 Å². The highest BCUT2D eigenvalue weighted by atomic mass is 16.5. The number of hydrogen-bond donors (Lipinski definition) is 0. The van der Waals surface area contributed by atoms with Crippen molar-refractivity contribution < 1.29 is 9.53 Å². The van der Waals surface area contributed by atoms with Gasteiger partial charge in [0.05, 0.1) is 6.61 Å². The van der Waals surface area contributed by atoms with E-state index in [1.807, 2.05) is 0 Å². The number of hydrogen-bond acceptors (Lipinski definition) is 2. The van der Waals surface area contributed by atoms with Gasteiger partial charge in [0.2, 0.25) is 0 Å². The molecule has 0 aliphatic carbocycles. The molecule has 0 fully saturated rings. The highest BCUT2D eigenvalue weighted by Gasteiger charge is 1.94. The summed E-state index contributed by atoms with van der Waals surface area (Å²) in [6.45, 7) is 5.64. The first-order chi connectivity index (χ1) is 6.27. The summed E-state index contributed by atoms with van der Waals surface area (Å²) in [7, 11) is 0. The molecule has 0 unspecified atom stereocenters. The molecule has 0 spiro atoms. The molecule has 0 bridgehead atoms. The predicted octanol–water partition coefficient (Wildman–Crippen LogP) is 3.16. The van der Waals surface area contributed by atoms with E-state index < -0.39 is 0 Å². The van der Waals surface area contributed by atoms with Crippen molar-refractivity contribution in [3.63, 3.8) is 0 Å². The van der Waals surface area contributed by atoms with Gasteiger partial charge in [-0.1, -0.05) is 46.0 Å². The molecule has 0 aromatic carbocycles. The summed E-state index contributed by atoms with van der Waals surface area (Å²) in [6.07, 6.45) is 7.47. The molecule has 0 saturated carbocycles. The number of unbranched alkanes of at least 4 members (excludes halogenated alkanes) is 4. The molecule has 2 heteroatoms. The zero-order valence-electron chi connectivity index (χ0n) is 8.92. The van der Waals surface area contributed by atoms with Gasteiger partial charge in [0.15, 0.2) is 0 Å². The molecule has 0 N–H and O–H groups in total. The monoisotopic (exact) mass is 186 g/mol. The normalized spacial score (nSPS) is 10.4. The minimum Gasteiger partial charge on any atom is -0.468 e. The summed E-state index contributed by atoms with van der Waals surface area (Å²) in [5, 5.41) is 0. The van der Waals surface area contributed by atoms with Crippen LogP contribution in [0.2, 0.25) is 0 Å². The van der Waals surface area contributed by atoms with Crippen LogP contribution < -0.4 is 0 Å². The zero-order chi connectivity index (χ0) is 9.94.